The Kier molecular flexibility index (Phi) is 7.03. The number of pyridine rings is 1. The van der Waals surface area contributed by atoms with Crippen molar-refractivity contribution in [2.45, 2.75) is 51.9 Å². The molecule has 3 aromatic heterocycles. The van der Waals surface area contributed by atoms with Gasteiger partial charge in [-0.2, -0.15) is 0 Å². The lowest BCUT2D eigenvalue weighted by Gasteiger charge is -2.25. The summed E-state index contributed by atoms with van der Waals surface area (Å²) in [5, 5.41) is 5.08. The van der Waals surface area contributed by atoms with Gasteiger partial charge in [0.2, 0.25) is 5.91 Å². The van der Waals surface area contributed by atoms with E-state index in [9.17, 15) is 9.59 Å². The molecular formula is C25H28N4O3S2. The highest BCUT2D eigenvalue weighted by molar-refractivity contribution is 7.12. The summed E-state index contributed by atoms with van der Waals surface area (Å²) in [6.07, 6.45) is 7.45. The SMILES string of the molecule is Cc1nc(CN2C[C@@H](OCc3ccncc3)CN(C(=O)c3scc4c3CCCC4)CC2=O)cs1. The van der Waals surface area contributed by atoms with Gasteiger partial charge in [0.05, 0.1) is 34.8 Å². The van der Waals surface area contributed by atoms with E-state index in [4.69, 9.17) is 4.74 Å². The van der Waals surface area contributed by atoms with Gasteiger partial charge < -0.3 is 14.5 Å². The van der Waals surface area contributed by atoms with Crippen LogP contribution in [0.1, 0.15) is 49.9 Å². The topological polar surface area (TPSA) is 75.6 Å². The van der Waals surface area contributed by atoms with E-state index in [1.54, 1.807) is 33.5 Å². The first-order valence-electron chi connectivity index (χ1n) is 11.6. The maximum absolute atomic E-state index is 13.6. The monoisotopic (exact) mass is 496 g/mol. The van der Waals surface area contributed by atoms with Gasteiger partial charge in [0, 0.05) is 30.9 Å². The van der Waals surface area contributed by atoms with E-state index in [1.807, 2.05) is 24.4 Å². The van der Waals surface area contributed by atoms with E-state index in [0.29, 0.717) is 26.2 Å². The number of rotatable bonds is 6. The summed E-state index contributed by atoms with van der Waals surface area (Å²) in [7, 11) is 0. The van der Waals surface area contributed by atoms with E-state index in [0.717, 1.165) is 40.4 Å². The second-order valence-corrected chi connectivity index (χ2v) is 10.8. The van der Waals surface area contributed by atoms with Gasteiger partial charge >= 0.3 is 0 Å². The normalized spacial score (nSPS) is 18.6. The molecule has 34 heavy (non-hydrogen) atoms. The van der Waals surface area contributed by atoms with Crippen LogP contribution < -0.4 is 0 Å². The van der Waals surface area contributed by atoms with Crippen molar-refractivity contribution < 1.29 is 14.3 Å². The number of amides is 2. The lowest BCUT2D eigenvalue weighted by Crippen LogP contribution is -2.39. The molecule has 0 N–H and O–H groups in total. The molecular weight excluding hydrogens is 468 g/mol. The van der Waals surface area contributed by atoms with Crippen LogP contribution in [0.25, 0.3) is 0 Å². The summed E-state index contributed by atoms with van der Waals surface area (Å²) in [5.41, 5.74) is 4.36. The van der Waals surface area contributed by atoms with Crippen LogP contribution in [0.5, 0.6) is 0 Å². The molecule has 7 nitrogen and oxygen atoms in total. The number of ether oxygens (including phenoxy) is 1. The fourth-order valence-electron chi connectivity index (χ4n) is 4.60. The molecule has 0 radical (unpaired) electrons. The summed E-state index contributed by atoms with van der Waals surface area (Å²) in [6.45, 7) is 3.66. The zero-order valence-electron chi connectivity index (χ0n) is 19.2. The molecule has 0 aromatic carbocycles. The highest BCUT2D eigenvalue weighted by Crippen LogP contribution is 2.31. The van der Waals surface area contributed by atoms with E-state index >= 15 is 0 Å². The number of hydrogen-bond acceptors (Lipinski definition) is 7. The molecule has 4 heterocycles. The molecule has 2 amide bonds. The Morgan fingerprint density at radius 1 is 1.15 bits per heavy atom. The minimum absolute atomic E-state index is 0.0506. The molecule has 1 saturated heterocycles. The number of aryl methyl sites for hydroxylation is 2. The molecule has 178 valence electrons. The average molecular weight is 497 g/mol. The first kappa shape index (κ1) is 23.1. The number of thiophene rings is 1. The number of aromatic nitrogens is 2. The van der Waals surface area contributed by atoms with Gasteiger partial charge in [-0.25, -0.2) is 4.98 Å². The molecule has 9 heteroatoms. The fourth-order valence-corrected chi connectivity index (χ4v) is 6.33. The van der Waals surface area contributed by atoms with Gasteiger partial charge in [0.1, 0.15) is 6.54 Å². The van der Waals surface area contributed by atoms with E-state index in [1.165, 1.54) is 28.9 Å². The van der Waals surface area contributed by atoms with E-state index in [2.05, 4.69) is 15.3 Å². The number of thiazole rings is 1. The minimum Gasteiger partial charge on any atom is -0.370 e. The van der Waals surface area contributed by atoms with Gasteiger partial charge in [0.25, 0.3) is 5.91 Å². The molecule has 0 bridgehead atoms. The highest BCUT2D eigenvalue weighted by atomic mass is 32.1. The van der Waals surface area contributed by atoms with E-state index in [-0.39, 0.29) is 24.5 Å². The molecule has 0 unspecified atom stereocenters. The van der Waals surface area contributed by atoms with Crippen LogP contribution in [-0.2, 0) is 35.5 Å². The summed E-state index contributed by atoms with van der Waals surface area (Å²) in [5.74, 6) is -0.121. The summed E-state index contributed by atoms with van der Waals surface area (Å²) in [6, 6.07) is 3.83. The van der Waals surface area contributed by atoms with Gasteiger partial charge in [-0.3, -0.25) is 14.6 Å². The zero-order chi connectivity index (χ0) is 23.5. The molecule has 0 spiro atoms. The number of fused-ring (bicyclic) bond motifs is 1. The number of hydrogen-bond donors (Lipinski definition) is 0. The number of carbonyl (C=O) groups excluding carboxylic acids is 2. The predicted molar refractivity (Wildman–Crippen MR) is 132 cm³/mol. The third-order valence-corrected chi connectivity index (χ3v) is 8.25. The third kappa shape index (κ3) is 5.21. The van der Waals surface area contributed by atoms with Crippen LogP contribution in [0.15, 0.2) is 35.3 Å². The Labute approximate surface area is 207 Å². The van der Waals surface area contributed by atoms with Gasteiger partial charge in [-0.1, -0.05) is 0 Å². The maximum Gasteiger partial charge on any atom is 0.264 e. The van der Waals surface area contributed by atoms with Crippen molar-refractivity contribution in [3.8, 4) is 0 Å². The Bertz CT molecular complexity index is 1160. The first-order chi connectivity index (χ1) is 16.6. The zero-order valence-corrected chi connectivity index (χ0v) is 20.9. The molecule has 1 aliphatic heterocycles. The minimum atomic E-state index is -0.293. The molecule has 1 fully saturated rings. The second kappa shape index (κ2) is 10.3. The number of nitrogens with zero attached hydrogens (tertiary/aromatic N) is 4. The van der Waals surface area contributed by atoms with Crippen molar-refractivity contribution in [2.75, 3.05) is 19.6 Å². The molecule has 5 rings (SSSR count). The average Bonchev–Trinajstić information content (AvgIpc) is 3.43. The molecule has 2 aliphatic rings. The fraction of sp³-hybridized carbons (Fsp3) is 0.440. The summed E-state index contributed by atoms with van der Waals surface area (Å²) in [4.78, 5) is 39.7. The Morgan fingerprint density at radius 2 is 1.97 bits per heavy atom. The van der Waals surface area contributed by atoms with Crippen molar-refractivity contribution >= 4 is 34.5 Å². The largest absolute Gasteiger partial charge is 0.370 e. The highest BCUT2D eigenvalue weighted by Gasteiger charge is 2.33. The smallest absolute Gasteiger partial charge is 0.264 e. The van der Waals surface area contributed by atoms with Crippen LogP contribution in [-0.4, -0.2) is 57.3 Å². The summed E-state index contributed by atoms with van der Waals surface area (Å²) >= 11 is 3.10. The van der Waals surface area contributed by atoms with Gasteiger partial charge in [-0.15, -0.1) is 22.7 Å². The van der Waals surface area contributed by atoms with Crippen LogP contribution in [0.4, 0.5) is 0 Å². The Hall–Kier alpha value is -2.62. The molecule has 1 atom stereocenters. The second-order valence-electron chi connectivity index (χ2n) is 8.88. The van der Waals surface area contributed by atoms with Crippen LogP contribution in [0, 0.1) is 6.92 Å². The van der Waals surface area contributed by atoms with Crippen molar-refractivity contribution in [1.29, 1.82) is 0 Å². The van der Waals surface area contributed by atoms with E-state index < -0.39 is 0 Å². The Morgan fingerprint density at radius 3 is 2.76 bits per heavy atom. The lowest BCUT2D eigenvalue weighted by atomic mass is 9.93. The van der Waals surface area contributed by atoms with Crippen LogP contribution in [0.2, 0.25) is 0 Å². The third-order valence-electron chi connectivity index (χ3n) is 6.37. The predicted octanol–water partition coefficient (Wildman–Crippen LogP) is 3.86. The molecule has 1 aliphatic carbocycles. The van der Waals surface area contributed by atoms with Crippen LogP contribution in [0.3, 0.4) is 0 Å². The Balaban J connectivity index is 1.36. The summed E-state index contributed by atoms with van der Waals surface area (Å²) < 4.78 is 6.25. The quantitative estimate of drug-likeness (QED) is 0.518. The van der Waals surface area contributed by atoms with Crippen molar-refractivity contribution in [2.24, 2.45) is 0 Å². The van der Waals surface area contributed by atoms with Crippen LogP contribution >= 0.6 is 22.7 Å². The first-order valence-corrected chi connectivity index (χ1v) is 13.4. The lowest BCUT2D eigenvalue weighted by molar-refractivity contribution is -0.132. The van der Waals surface area contributed by atoms with Crippen molar-refractivity contribution in [3.05, 3.63) is 67.6 Å². The van der Waals surface area contributed by atoms with Crippen molar-refractivity contribution in [3.63, 3.8) is 0 Å². The molecule has 0 saturated carbocycles. The standard InChI is InChI=1S/C25H28N4O3S2/c1-17-27-20(16-33-17)10-28-11-21(32-14-18-6-8-26-9-7-18)12-29(13-23(28)30)25(31)24-22-5-3-2-4-19(22)15-34-24/h6-9,15-16,21H,2-5,10-14H2,1H3/t21-/m1/s1. The maximum atomic E-state index is 13.6. The van der Waals surface area contributed by atoms with Gasteiger partial charge in [0.15, 0.2) is 0 Å². The number of carbonyl (C=O) groups is 2. The van der Waals surface area contributed by atoms with Crippen molar-refractivity contribution in [1.82, 2.24) is 19.8 Å². The van der Waals surface area contributed by atoms with Gasteiger partial charge in [-0.05, 0) is 66.8 Å². The molecule has 3 aromatic rings.